The molecule has 0 aromatic carbocycles. The Kier molecular flexibility index (Phi) is 6.89. The highest BCUT2D eigenvalue weighted by molar-refractivity contribution is 4.74. The number of rotatable bonds is 6. The van der Waals surface area contributed by atoms with E-state index in [0.29, 0.717) is 24.4 Å². The Morgan fingerprint density at radius 3 is 1.38 bits per heavy atom. The SMILES string of the molecule is CC1CN(CCOCCN2CC(C)OC(C)C2)CC(C)O1. The smallest absolute Gasteiger partial charge is 0.0678 e. The van der Waals surface area contributed by atoms with Crippen LogP contribution in [-0.4, -0.2) is 86.7 Å². The molecule has 124 valence electrons. The van der Waals surface area contributed by atoms with Gasteiger partial charge < -0.3 is 14.2 Å². The zero-order valence-electron chi connectivity index (χ0n) is 14.1. The number of hydrogen-bond donors (Lipinski definition) is 0. The molecule has 2 aliphatic rings. The molecule has 0 radical (unpaired) electrons. The average molecular weight is 300 g/mol. The second kappa shape index (κ2) is 8.44. The number of hydrogen-bond acceptors (Lipinski definition) is 5. The van der Waals surface area contributed by atoms with E-state index in [4.69, 9.17) is 14.2 Å². The zero-order chi connectivity index (χ0) is 15.2. The molecule has 4 unspecified atom stereocenters. The lowest BCUT2D eigenvalue weighted by atomic mass is 10.2. The van der Waals surface area contributed by atoms with Gasteiger partial charge >= 0.3 is 0 Å². The molecule has 5 heteroatoms. The lowest BCUT2D eigenvalue weighted by molar-refractivity contribution is -0.0794. The van der Waals surface area contributed by atoms with E-state index >= 15 is 0 Å². The van der Waals surface area contributed by atoms with Crippen LogP contribution in [0.5, 0.6) is 0 Å². The van der Waals surface area contributed by atoms with Crippen LogP contribution in [0.4, 0.5) is 0 Å². The Balaban J connectivity index is 1.53. The van der Waals surface area contributed by atoms with Gasteiger partial charge in [0.15, 0.2) is 0 Å². The van der Waals surface area contributed by atoms with Crippen LogP contribution in [0.25, 0.3) is 0 Å². The van der Waals surface area contributed by atoms with Gasteiger partial charge in [0.25, 0.3) is 0 Å². The molecule has 2 rings (SSSR count). The molecule has 2 heterocycles. The third kappa shape index (κ3) is 6.20. The summed E-state index contributed by atoms with van der Waals surface area (Å²) in [5, 5.41) is 0. The van der Waals surface area contributed by atoms with E-state index in [0.717, 1.165) is 52.5 Å². The first-order valence-corrected chi connectivity index (χ1v) is 8.36. The third-order valence-corrected chi connectivity index (χ3v) is 4.09. The molecule has 2 aliphatic heterocycles. The van der Waals surface area contributed by atoms with Gasteiger partial charge in [0.1, 0.15) is 0 Å². The maximum atomic E-state index is 5.82. The van der Waals surface area contributed by atoms with E-state index in [-0.39, 0.29) is 0 Å². The summed E-state index contributed by atoms with van der Waals surface area (Å²) in [6.45, 7) is 16.3. The molecular formula is C16H32N2O3. The molecule has 0 N–H and O–H groups in total. The molecule has 0 bridgehead atoms. The van der Waals surface area contributed by atoms with Crippen molar-refractivity contribution in [1.29, 1.82) is 0 Å². The lowest BCUT2D eigenvalue weighted by Gasteiger charge is -2.36. The van der Waals surface area contributed by atoms with Gasteiger partial charge in [-0.15, -0.1) is 0 Å². The van der Waals surface area contributed by atoms with Crippen LogP contribution in [0.3, 0.4) is 0 Å². The Morgan fingerprint density at radius 2 is 1.05 bits per heavy atom. The van der Waals surface area contributed by atoms with Gasteiger partial charge in [-0.05, 0) is 27.7 Å². The van der Waals surface area contributed by atoms with E-state index in [2.05, 4.69) is 37.5 Å². The molecule has 0 saturated carbocycles. The minimum atomic E-state index is 0.338. The van der Waals surface area contributed by atoms with Crippen molar-refractivity contribution in [1.82, 2.24) is 9.80 Å². The van der Waals surface area contributed by atoms with Gasteiger partial charge in [-0.25, -0.2) is 0 Å². The monoisotopic (exact) mass is 300 g/mol. The maximum absolute atomic E-state index is 5.82. The van der Waals surface area contributed by atoms with Crippen molar-refractivity contribution in [2.75, 3.05) is 52.5 Å². The Morgan fingerprint density at radius 1 is 0.714 bits per heavy atom. The zero-order valence-corrected chi connectivity index (χ0v) is 14.1. The van der Waals surface area contributed by atoms with Crippen molar-refractivity contribution >= 4 is 0 Å². The highest BCUT2D eigenvalue weighted by atomic mass is 16.5. The van der Waals surface area contributed by atoms with Crippen LogP contribution in [0.15, 0.2) is 0 Å². The molecule has 4 atom stereocenters. The van der Waals surface area contributed by atoms with Gasteiger partial charge in [-0.1, -0.05) is 0 Å². The summed E-state index contributed by atoms with van der Waals surface area (Å²) >= 11 is 0. The van der Waals surface area contributed by atoms with Gasteiger partial charge in [0.2, 0.25) is 0 Å². The third-order valence-electron chi connectivity index (χ3n) is 4.09. The molecule has 2 fully saturated rings. The van der Waals surface area contributed by atoms with Crippen molar-refractivity contribution in [3.63, 3.8) is 0 Å². The molecule has 5 nitrogen and oxygen atoms in total. The highest BCUT2D eigenvalue weighted by Crippen LogP contribution is 2.11. The highest BCUT2D eigenvalue weighted by Gasteiger charge is 2.22. The molecule has 21 heavy (non-hydrogen) atoms. The first kappa shape index (κ1) is 17.2. The summed E-state index contributed by atoms with van der Waals surface area (Å²) in [4.78, 5) is 4.88. The topological polar surface area (TPSA) is 34.2 Å². The first-order chi connectivity index (χ1) is 10.0. The largest absolute Gasteiger partial charge is 0.379 e. The van der Waals surface area contributed by atoms with Crippen molar-refractivity contribution < 1.29 is 14.2 Å². The summed E-state index contributed by atoms with van der Waals surface area (Å²) < 4.78 is 17.3. The summed E-state index contributed by atoms with van der Waals surface area (Å²) in [5.74, 6) is 0. The Labute approximate surface area is 129 Å². The summed E-state index contributed by atoms with van der Waals surface area (Å²) in [7, 11) is 0. The molecule has 0 spiro atoms. The minimum Gasteiger partial charge on any atom is -0.379 e. The van der Waals surface area contributed by atoms with Crippen LogP contribution < -0.4 is 0 Å². The van der Waals surface area contributed by atoms with Crippen molar-refractivity contribution in [2.24, 2.45) is 0 Å². The fraction of sp³-hybridized carbons (Fsp3) is 1.00. The van der Waals surface area contributed by atoms with Crippen LogP contribution in [0, 0.1) is 0 Å². The van der Waals surface area contributed by atoms with E-state index in [1.165, 1.54) is 0 Å². The normalized spacial score (nSPS) is 36.0. The minimum absolute atomic E-state index is 0.338. The van der Waals surface area contributed by atoms with Crippen molar-refractivity contribution in [3.8, 4) is 0 Å². The van der Waals surface area contributed by atoms with Crippen LogP contribution >= 0.6 is 0 Å². The molecule has 0 aromatic rings. The van der Waals surface area contributed by atoms with Gasteiger partial charge in [0.05, 0.1) is 37.6 Å². The Bertz CT molecular complexity index is 255. The predicted molar refractivity (Wildman–Crippen MR) is 83.7 cm³/mol. The van der Waals surface area contributed by atoms with E-state index < -0.39 is 0 Å². The number of ether oxygens (including phenoxy) is 3. The summed E-state index contributed by atoms with van der Waals surface area (Å²) in [6, 6.07) is 0. The average Bonchev–Trinajstić information content (AvgIpc) is 2.36. The van der Waals surface area contributed by atoms with Gasteiger partial charge in [-0.2, -0.15) is 0 Å². The lowest BCUT2D eigenvalue weighted by Crippen LogP contribution is -2.47. The standard InChI is InChI=1S/C16H32N2O3/c1-13-9-17(10-14(2)20-13)5-7-19-8-6-18-11-15(3)21-16(4)12-18/h13-16H,5-12H2,1-4H3. The molecule has 0 aromatic heterocycles. The van der Waals surface area contributed by atoms with Crippen LogP contribution in [0.1, 0.15) is 27.7 Å². The Hall–Kier alpha value is -0.200. The maximum Gasteiger partial charge on any atom is 0.0678 e. The second-order valence-electron chi connectivity index (χ2n) is 6.65. The van der Waals surface area contributed by atoms with E-state index in [1.54, 1.807) is 0 Å². The molecule has 0 amide bonds. The van der Waals surface area contributed by atoms with E-state index in [9.17, 15) is 0 Å². The van der Waals surface area contributed by atoms with Crippen molar-refractivity contribution in [3.05, 3.63) is 0 Å². The van der Waals surface area contributed by atoms with Gasteiger partial charge in [-0.3, -0.25) is 9.80 Å². The quantitative estimate of drug-likeness (QED) is 0.689. The van der Waals surface area contributed by atoms with Crippen LogP contribution in [-0.2, 0) is 14.2 Å². The predicted octanol–water partition coefficient (Wildman–Crippen LogP) is 1.22. The molecule has 2 saturated heterocycles. The van der Waals surface area contributed by atoms with Gasteiger partial charge in [0, 0.05) is 39.3 Å². The number of morpholine rings is 2. The van der Waals surface area contributed by atoms with E-state index in [1.807, 2.05) is 0 Å². The summed E-state index contributed by atoms with van der Waals surface area (Å²) in [5.41, 5.74) is 0. The fourth-order valence-corrected chi connectivity index (χ4v) is 3.42. The second-order valence-corrected chi connectivity index (χ2v) is 6.65. The van der Waals surface area contributed by atoms with Crippen molar-refractivity contribution in [2.45, 2.75) is 52.1 Å². The molecular weight excluding hydrogens is 268 g/mol. The molecule has 0 aliphatic carbocycles. The van der Waals surface area contributed by atoms with Crippen LogP contribution in [0.2, 0.25) is 0 Å². The fourth-order valence-electron chi connectivity index (χ4n) is 3.42. The summed E-state index contributed by atoms with van der Waals surface area (Å²) in [6.07, 6.45) is 1.35. The number of nitrogens with zero attached hydrogens (tertiary/aromatic N) is 2. The first-order valence-electron chi connectivity index (χ1n) is 8.36.